The van der Waals surface area contributed by atoms with Crippen LogP contribution in [-0.4, -0.2) is 15.7 Å². The van der Waals surface area contributed by atoms with Gasteiger partial charge in [0.1, 0.15) is 5.69 Å². The van der Waals surface area contributed by atoms with Crippen LogP contribution < -0.4 is 10.9 Å². The molecule has 6 heteroatoms. The molecule has 0 unspecified atom stereocenters. The summed E-state index contributed by atoms with van der Waals surface area (Å²) in [6.07, 6.45) is 0. The Labute approximate surface area is 108 Å². The first-order valence-corrected chi connectivity index (χ1v) is 6.31. The Hall–Kier alpha value is -1.95. The fourth-order valence-corrected chi connectivity index (χ4v) is 2.31. The van der Waals surface area contributed by atoms with Crippen LogP contribution in [-0.2, 0) is 13.6 Å². The lowest BCUT2D eigenvalue weighted by Crippen LogP contribution is -2.28. The van der Waals surface area contributed by atoms with Crippen molar-refractivity contribution in [1.82, 2.24) is 15.1 Å². The number of nitrogens with one attached hydrogen (secondary N) is 1. The van der Waals surface area contributed by atoms with E-state index in [1.54, 1.807) is 11.3 Å². The van der Waals surface area contributed by atoms with Crippen LogP contribution in [0.1, 0.15) is 20.9 Å². The number of carbonyl (C=O) groups excluding carboxylic acids is 1. The van der Waals surface area contributed by atoms with Gasteiger partial charge in [0.25, 0.3) is 11.5 Å². The molecule has 1 N–H and O–H groups in total. The van der Waals surface area contributed by atoms with Crippen LogP contribution in [0.25, 0.3) is 0 Å². The Balaban J connectivity index is 2.06. The van der Waals surface area contributed by atoms with E-state index in [1.165, 1.54) is 19.2 Å². The van der Waals surface area contributed by atoms with Gasteiger partial charge in [-0.15, -0.1) is 11.3 Å². The normalized spacial score (nSPS) is 10.3. The maximum atomic E-state index is 11.8. The Morgan fingerprint density at radius 2 is 2.22 bits per heavy atom. The van der Waals surface area contributed by atoms with Crippen molar-refractivity contribution in [2.24, 2.45) is 7.05 Å². The minimum Gasteiger partial charge on any atom is -0.346 e. The van der Waals surface area contributed by atoms with Crippen molar-refractivity contribution in [1.29, 1.82) is 0 Å². The number of amides is 1. The average molecular weight is 263 g/mol. The predicted octanol–water partition coefficient (Wildman–Crippen LogP) is 1.08. The van der Waals surface area contributed by atoms with Crippen molar-refractivity contribution in [2.45, 2.75) is 13.5 Å². The molecule has 5 nitrogen and oxygen atoms in total. The van der Waals surface area contributed by atoms with Gasteiger partial charge in [-0.05, 0) is 30.0 Å². The largest absolute Gasteiger partial charge is 0.346 e. The van der Waals surface area contributed by atoms with Gasteiger partial charge >= 0.3 is 0 Å². The number of aryl methyl sites for hydroxylation is 2. The topological polar surface area (TPSA) is 64.0 Å². The molecule has 2 rings (SSSR count). The fourth-order valence-electron chi connectivity index (χ4n) is 1.46. The molecule has 0 aliphatic heterocycles. The third kappa shape index (κ3) is 2.65. The van der Waals surface area contributed by atoms with Crippen LogP contribution in [0.3, 0.4) is 0 Å². The van der Waals surface area contributed by atoms with Gasteiger partial charge in [-0.1, -0.05) is 0 Å². The maximum Gasteiger partial charge on any atom is 0.272 e. The summed E-state index contributed by atoms with van der Waals surface area (Å²) in [6.45, 7) is 2.48. The van der Waals surface area contributed by atoms with E-state index in [0.717, 1.165) is 15.1 Å². The highest BCUT2D eigenvalue weighted by atomic mass is 32.1. The summed E-state index contributed by atoms with van der Waals surface area (Å²) in [5.74, 6) is -0.279. The highest BCUT2D eigenvalue weighted by Gasteiger charge is 2.09. The Kier molecular flexibility index (Phi) is 3.57. The number of rotatable bonds is 3. The first-order valence-electron chi connectivity index (χ1n) is 5.43. The van der Waals surface area contributed by atoms with Gasteiger partial charge in [-0.2, -0.15) is 5.10 Å². The van der Waals surface area contributed by atoms with Gasteiger partial charge in [-0.3, -0.25) is 9.59 Å². The van der Waals surface area contributed by atoms with Gasteiger partial charge in [-0.25, -0.2) is 4.68 Å². The zero-order valence-electron chi connectivity index (χ0n) is 10.1. The number of thiophene rings is 1. The van der Waals surface area contributed by atoms with Gasteiger partial charge in [0.05, 0.1) is 6.54 Å². The van der Waals surface area contributed by atoms with Crippen LogP contribution in [0, 0.1) is 6.92 Å². The molecule has 0 aliphatic carbocycles. The van der Waals surface area contributed by atoms with Gasteiger partial charge in [0.15, 0.2) is 0 Å². The highest BCUT2D eigenvalue weighted by Crippen LogP contribution is 2.14. The molecule has 18 heavy (non-hydrogen) atoms. The average Bonchev–Trinajstić information content (AvgIpc) is 2.75. The summed E-state index contributed by atoms with van der Waals surface area (Å²) in [5.41, 5.74) is 1.17. The molecule has 0 bridgehead atoms. The second-order valence-electron chi connectivity index (χ2n) is 3.89. The third-order valence-electron chi connectivity index (χ3n) is 2.57. The van der Waals surface area contributed by atoms with Gasteiger partial charge < -0.3 is 5.32 Å². The summed E-state index contributed by atoms with van der Waals surface area (Å²) in [5, 5.41) is 8.66. The molecule has 94 valence electrons. The Morgan fingerprint density at radius 1 is 1.44 bits per heavy atom. The van der Waals surface area contributed by atoms with E-state index in [1.807, 2.05) is 18.4 Å². The lowest BCUT2D eigenvalue weighted by atomic mass is 10.3. The third-order valence-corrected chi connectivity index (χ3v) is 3.59. The van der Waals surface area contributed by atoms with Crippen LogP contribution in [0.2, 0.25) is 0 Å². The van der Waals surface area contributed by atoms with Gasteiger partial charge in [0, 0.05) is 18.0 Å². The van der Waals surface area contributed by atoms with Crippen LogP contribution >= 0.6 is 11.3 Å². The second-order valence-corrected chi connectivity index (χ2v) is 4.89. The molecular formula is C12H13N3O2S. The minimum absolute atomic E-state index is 0.236. The van der Waals surface area contributed by atoms with Crippen molar-refractivity contribution in [3.05, 3.63) is 50.1 Å². The number of carbonyl (C=O) groups is 1. The number of hydrogen-bond acceptors (Lipinski definition) is 4. The molecular weight excluding hydrogens is 250 g/mol. The lowest BCUT2D eigenvalue weighted by molar-refractivity contribution is 0.0944. The second kappa shape index (κ2) is 5.14. The molecule has 0 aliphatic rings. The fraction of sp³-hybridized carbons (Fsp3) is 0.250. The molecule has 0 atom stereocenters. The van der Waals surface area contributed by atoms with E-state index in [4.69, 9.17) is 0 Å². The van der Waals surface area contributed by atoms with E-state index in [0.29, 0.717) is 6.54 Å². The van der Waals surface area contributed by atoms with Crippen molar-refractivity contribution >= 4 is 17.2 Å². The highest BCUT2D eigenvalue weighted by molar-refractivity contribution is 7.10. The van der Waals surface area contributed by atoms with Crippen molar-refractivity contribution < 1.29 is 4.79 Å². The van der Waals surface area contributed by atoms with Crippen molar-refractivity contribution in [2.75, 3.05) is 0 Å². The molecule has 2 heterocycles. The quantitative estimate of drug-likeness (QED) is 0.901. The summed E-state index contributed by atoms with van der Waals surface area (Å²) in [7, 11) is 1.52. The van der Waals surface area contributed by atoms with Crippen molar-refractivity contribution in [3.63, 3.8) is 0 Å². The van der Waals surface area contributed by atoms with Crippen LogP contribution in [0.5, 0.6) is 0 Å². The Bertz CT molecular complexity index is 630. The SMILES string of the molecule is Cc1ccsc1CNC(=O)c1ccc(=O)n(C)n1. The molecule has 0 radical (unpaired) electrons. The lowest BCUT2D eigenvalue weighted by Gasteiger charge is -2.04. The molecule has 2 aromatic heterocycles. The van der Waals surface area contributed by atoms with Crippen molar-refractivity contribution in [3.8, 4) is 0 Å². The Morgan fingerprint density at radius 3 is 2.83 bits per heavy atom. The monoisotopic (exact) mass is 263 g/mol. The van der Waals surface area contributed by atoms with E-state index in [9.17, 15) is 9.59 Å². The van der Waals surface area contributed by atoms with E-state index < -0.39 is 0 Å². The molecule has 0 spiro atoms. The standard InChI is InChI=1S/C12H13N3O2S/c1-8-5-6-18-10(8)7-13-12(17)9-3-4-11(16)15(2)14-9/h3-6H,7H2,1-2H3,(H,13,17). The first kappa shape index (κ1) is 12.5. The maximum absolute atomic E-state index is 11.8. The molecule has 0 saturated heterocycles. The summed E-state index contributed by atoms with van der Waals surface area (Å²) in [4.78, 5) is 24.1. The summed E-state index contributed by atoms with van der Waals surface area (Å²) >= 11 is 1.60. The zero-order chi connectivity index (χ0) is 13.1. The molecule has 0 fully saturated rings. The zero-order valence-corrected chi connectivity index (χ0v) is 11.0. The number of nitrogens with zero attached hydrogens (tertiary/aromatic N) is 2. The number of aromatic nitrogens is 2. The van der Waals surface area contributed by atoms with Crippen LogP contribution in [0.4, 0.5) is 0 Å². The number of hydrogen-bond donors (Lipinski definition) is 1. The summed E-state index contributed by atoms with van der Waals surface area (Å²) < 4.78 is 1.14. The molecule has 1 amide bonds. The van der Waals surface area contributed by atoms with E-state index in [-0.39, 0.29) is 17.2 Å². The molecule has 2 aromatic rings. The van der Waals surface area contributed by atoms with Gasteiger partial charge in [0.2, 0.25) is 0 Å². The molecule has 0 aromatic carbocycles. The van der Waals surface area contributed by atoms with E-state index in [2.05, 4.69) is 10.4 Å². The minimum atomic E-state index is -0.279. The first-order chi connectivity index (χ1) is 8.58. The molecule has 0 saturated carbocycles. The predicted molar refractivity (Wildman–Crippen MR) is 69.7 cm³/mol. The smallest absolute Gasteiger partial charge is 0.272 e. The van der Waals surface area contributed by atoms with E-state index >= 15 is 0 Å². The van der Waals surface area contributed by atoms with Crippen LogP contribution in [0.15, 0.2) is 28.4 Å². The summed E-state index contributed by atoms with van der Waals surface area (Å²) in [6, 6.07) is 4.77.